The lowest BCUT2D eigenvalue weighted by Gasteiger charge is -2.25. The zero-order valence-electron chi connectivity index (χ0n) is 7.07. The molecule has 0 unspecified atom stereocenters. The van der Waals surface area contributed by atoms with Crippen molar-refractivity contribution in [1.82, 2.24) is 0 Å². The molecule has 2 saturated carbocycles. The summed E-state index contributed by atoms with van der Waals surface area (Å²) in [5.41, 5.74) is 0. The molecule has 0 aliphatic heterocycles. The van der Waals surface area contributed by atoms with Crippen molar-refractivity contribution < 1.29 is 14.7 Å². The highest BCUT2D eigenvalue weighted by Gasteiger charge is 2.54. The summed E-state index contributed by atoms with van der Waals surface area (Å²) in [7, 11) is 0. The number of fused-ring (bicyclic) bond motifs is 2. The maximum Gasteiger partial charge on any atom is 0.307 e. The van der Waals surface area contributed by atoms with Crippen molar-refractivity contribution in [3.05, 3.63) is 0 Å². The highest BCUT2D eigenvalue weighted by Crippen LogP contribution is 2.50. The van der Waals surface area contributed by atoms with Gasteiger partial charge in [-0.2, -0.15) is 0 Å². The number of hydrogen-bond acceptors (Lipinski definition) is 2. The van der Waals surface area contributed by atoms with Gasteiger partial charge in [-0.3, -0.25) is 9.59 Å². The average molecular weight is 203 g/mol. The van der Waals surface area contributed by atoms with Crippen LogP contribution in [0.3, 0.4) is 0 Å². The van der Waals surface area contributed by atoms with Gasteiger partial charge in [0.25, 0.3) is 0 Å². The quantitative estimate of drug-likeness (QED) is 0.684. The molecule has 0 heterocycles. The molecule has 4 heteroatoms. The molecule has 4 atom stereocenters. The fraction of sp³-hybridized carbons (Fsp3) is 0.778. The van der Waals surface area contributed by atoms with Gasteiger partial charge in [-0.05, 0) is 18.3 Å². The molecule has 3 nitrogen and oxygen atoms in total. The molecule has 13 heavy (non-hydrogen) atoms. The largest absolute Gasteiger partial charge is 0.481 e. The highest BCUT2D eigenvalue weighted by atomic mass is 35.5. The van der Waals surface area contributed by atoms with Crippen molar-refractivity contribution in [2.45, 2.75) is 12.8 Å². The summed E-state index contributed by atoms with van der Waals surface area (Å²) < 4.78 is 0. The minimum atomic E-state index is -0.786. The molecule has 2 fully saturated rings. The van der Waals surface area contributed by atoms with Gasteiger partial charge in [-0.25, -0.2) is 0 Å². The zero-order valence-corrected chi connectivity index (χ0v) is 7.83. The Hall–Kier alpha value is -0.570. The van der Waals surface area contributed by atoms with Crippen LogP contribution in [0.1, 0.15) is 12.8 Å². The van der Waals surface area contributed by atoms with Crippen molar-refractivity contribution in [2.24, 2.45) is 23.7 Å². The maximum absolute atomic E-state index is 11.3. The third-order valence-electron chi connectivity index (χ3n) is 3.38. The Morgan fingerprint density at radius 3 is 2.85 bits per heavy atom. The highest BCUT2D eigenvalue weighted by molar-refractivity contribution is 6.18. The Morgan fingerprint density at radius 1 is 1.62 bits per heavy atom. The fourth-order valence-electron chi connectivity index (χ4n) is 2.83. The maximum atomic E-state index is 11.3. The van der Waals surface area contributed by atoms with E-state index in [1.54, 1.807) is 0 Å². The molecule has 0 spiro atoms. The molecule has 0 aromatic heterocycles. The number of carbonyl (C=O) groups is 2. The van der Waals surface area contributed by atoms with Crippen molar-refractivity contribution in [3.8, 4) is 0 Å². The molecule has 0 aromatic carbocycles. The lowest BCUT2D eigenvalue weighted by molar-refractivity contribution is -0.146. The van der Waals surface area contributed by atoms with E-state index in [-0.39, 0.29) is 29.5 Å². The van der Waals surface area contributed by atoms with Crippen molar-refractivity contribution in [1.29, 1.82) is 0 Å². The van der Waals surface area contributed by atoms with Gasteiger partial charge in [0.1, 0.15) is 5.78 Å². The molecule has 2 aliphatic rings. The first-order chi connectivity index (χ1) is 6.15. The van der Waals surface area contributed by atoms with Gasteiger partial charge in [0.05, 0.1) is 5.92 Å². The van der Waals surface area contributed by atoms with Gasteiger partial charge < -0.3 is 5.11 Å². The third-order valence-corrected chi connectivity index (χ3v) is 3.74. The van der Waals surface area contributed by atoms with E-state index >= 15 is 0 Å². The normalized spacial score (nSPS) is 42.7. The Balaban J connectivity index is 2.23. The summed E-state index contributed by atoms with van der Waals surface area (Å²) in [6.07, 6.45) is 1.20. The molecule has 1 N–H and O–H groups in total. The number of alkyl halides is 1. The molecule has 0 aromatic rings. The van der Waals surface area contributed by atoms with Gasteiger partial charge in [0.15, 0.2) is 0 Å². The Labute approximate surface area is 81.1 Å². The van der Waals surface area contributed by atoms with Gasteiger partial charge in [-0.15, -0.1) is 11.6 Å². The number of aliphatic carboxylic acids is 1. The molecule has 2 aliphatic carbocycles. The van der Waals surface area contributed by atoms with Gasteiger partial charge >= 0.3 is 5.97 Å². The van der Waals surface area contributed by atoms with Crippen LogP contribution in [-0.4, -0.2) is 22.7 Å². The Bertz CT molecular complexity index is 264. The molecule has 0 radical (unpaired) electrons. The summed E-state index contributed by atoms with van der Waals surface area (Å²) in [5, 5.41) is 8.95. The van der Waals surface area contributed by atoms with Crippen LogP contribution in [0.5, 0.6) is 0 Å². The minimum absolute atomic E-state index is 0.0544. The molecular formula is C9H11ClO3. The number of carboxylic acid groups (broad SMARTS) is 1. The molecule has 0 saturated heterocycles. The number of hydrogen-bond donors (Lipinski definition) is 1. The summed E-state index contributed by atoms with van der Waals surface area (Å²) in [6, 6.07) is 0. The Morgan fingerprint density at radius 2 is 2.31 bits per heavy atom. The first-order valence-corrected chi connectivity index (χ1v) is 5.00. The van der Waals surface area contributed by atoms with E-state index in [0.29, 0.717) is 12.3 Å². The molecule has 2 bridgehead atoms. The van der Waals surface area contributed by atoms with E-state index in [2.05, 4.69) is 0 Å². The lowest BCUT2D eigenvalue weighted by atomic mass is 9.80. The topological polar surface area (TPSA) is 54.4 Å². The van der Waals surface area contributed by atoms with Crippen LogP contribution >= 0.6 is 11.6 Å². The smallest absolute Gasteiger partial charge is 0.307 e. The number of halogens is 1. The van der Waals surface area contributed by atoms with Gasteiger partial charge in [0, 0.05) is 18.2 Å². The molecule has 2 rings (SSSR count). The van der Waals surface area contributed by atoms with E-state index in [0.717, 1.165) is 6.42 Å². The first-order valence-electron chi connectivity index (χ1n) is 4.46. The van der Waals surface area contributed by atoms with Crippen molar-refractivity contribution >= 4 is 23.4 Å². The Kier molecular flexibility index (Phi) is 2.06. The van der Waals surface area contributed by atoms with Crippen molar-refractivity contribution in [3.63, 3.8) is 0 Å². The monoisotopic (exact) mass is 202 g/mol. The van der Waals surface area contributed by atoms with E-state index < -0.39 is 5.97 Å². The summed E-state index contributed by atoms with van der Waals surface area (Å²) >= 11 is 5.69. The van der Waals surface area contributed by atoms with Crippen LogP contribution in [0.15, 0.2) is 0 Å². The van der Waals surface area contributed by atoms with Crippen LogP contribution in [0, 0.1) is 23.7 Å². The van der Waals surface area contributed by atoms with Gasteiger partial charge in [-0.1, -0.05) is 0 Å². The fourth-order valence-corrected chi connectivity index (χ4v) is 3.23. The van der Waals surface area contributed by atoms with Crippen LogP contribution in [-0.2, 0) is 9.59 Å². The third kappa shape index (κ3) is 1.17. The minimum Gasteiger partial charge on any atom is -0.481 e. The standard InChI is InChI=1S/C9H11ClO3/c10-3-6-5-1-4(2-7(5)11)8(6)9(12)13/h4-6,8H,1-3H2,(H,12,13)/t4-,5-,6+,8+/m0/s1. The number of rotatable bonds is 2. The average Bonchev–Trinajstić information content (AvgIpc) is 2.58. The van der Waals surface area contributed by atoms with E-state index in [1.165, 1.54) is 0 Å². The SMILES string of the molecule is O=C(O)[C@@H]1[C@@H]2CC(=O)[C@@H](C2)[C@H]1CCl. The summed E-state index contributed by atoms with van der Waals surface area (Å²) in [4.78, 5) is 22.2. The second kappa shape index (κ2) is 2.98. The predicted molar refractivity (Wildman–Crippen MR) is 46.6 cm³/mol. The second-order valence-electron chi connectivity index (χ2n) is 3.95. The van der Waals surface area contributed by atoms with E-state index in [4.69, 9.17) is 16.7 Å². The predicted octanol–water partition coefficient (Wildman–Crippen LogP) is 1.15. The van der Waals surface area contributed by atoms with Crippen LogP contribution in [0.4, 0.5) is 0 Å². The number of ketones is 1. The van der Waals surface area contributed by atoms with E-state index in [1.807, 2.05) is 0 Å². The lowest BCUT2D eigenvalue weighted by Crippen LogP contribution is -2.34. The van der Waals surface area contributed by atoms with Crippen LogP contribution < -0.4 is 0 Å². The zero-order chi connectivity index (χ0) is 9.59. The van der Waals surface area contributed by atoms with E-state index in [9.17, 15) is 9.59 Å². The summed E-state index contributed by atoms with van der Waals surface area (Å²) in [6.45, 7) is 0. The summed E-state index contributed by atoms with van der Waals surface area (Å²) in [5.74, 6) is -0.782. The van der Waals surface area contributed by atoms with Crippen LogP contribution in [0.25, 0.3) is 0 Å². The second-order valence-corrected chi connectivity index (χ2v) is 4.26. The number of carboxylic acids is 1. The first kappa shape index (κ1) is 9.00. The van der Waals surface area contributed by atoms with Gasteiger partial charge in [0.2, 0.25) is 0 Å². The number of carbonyl (C=O) groups excluding carboxylic acids is 1. The number of Topliss-reactive ketones (excluding diaryl/α,β-unsaturated/α-hetero) is 1. The molecule has 0 amide bonds. The molecule has 72 valence electrons. The molecular weight excluding hydrogens is 192 g/mol. The van der Waals surface area contributed by atoms with Crippen molar-refractivity contribution in [2.75, 3.05) is 5.88 Å². The van der Waals surface area contributed by atoms with Crippen LogP contribution in [0.2, 0.25) is 0 Å².